The van der Waals surface area contributed by atoms with Gasteiger partial charge in [-0.15, -0.1) is 0 Å². The molecule has 3 aromatic rings. The highest BCUT2D eigenvalue weighted by atomic mass is 32.2. The van der Waals surface area contributed by atoms with Crippen LogP contribution in [0.4, 0.5) is 0 Å². The summed E-state index contributed by atoms with van der Waals surface area (Å²) in [6, 6.07) is 3.89. The Bertz CT molecular complexity index is 988. The molecule has 1 aliphatic heterocycles. The molecule has 1 amide bonds. The smallest absolute Gasteiger partial charge is 0.219 e. The Labute approximate surface area is 153 Å². The first kappa shape index (κ1) is 16.9. The predicted octanol–water partition coefficient (Wildman–Crippen LogP) is 0.996. The van der Waals surface area contributed by atoms with Gasteiger partial charge in [-0.05, 0) is 12.1 Å². The van der Waals surface area contributed by atoms with Crippen LogP contribution in [0.1, 0.15) is 13.3 Å². The Balaban J connectivity index is 1.67. The average molecular weight is 372 g/mol. The Morgan fingerprint density at radius 3 is 3.00 bits per heavy atom. The summed E-state index contributed by atoms with van der Waals surface area (Å²) in [5.41, 5.74) is 7.68. The fraction of sp³-hybridized carbons (Fsp3) is 0.353. The van der Waals surface area contributed by atoms with E-state index >= 15 is 0 Å². The highest BCUT2D eigenvalue weighted by Gasteiger charge is 2.48. The normalized spacial score (nSPS) is 17.9. The average Bonchev–Trinajstić information content (AvgIpc) is 3.23. The third kappa shape index (κ3) is 2.73. The van der Waals surface area contributed by atoms with Crippen molar-refractivity contribution >= 4 is 27.9 Å². The molecule has 0 bridgehead atoms. The molecule has 1 saturated heterocycles. The number of nitrogens with one attached hydrogen (secondary N) is 1. The van der Waals surface area contributed by atoms with Crippen molar-refractivity contribution < 1.29 is 9.00 Å². The van der Waals surface area contributed by atoms with E-state index in [1.165, 1.54) is 0 Å². The van der Waals surface area contributed by atoms with Crippen LogP contribution < -0.4 is 5.73 Å². The van der Waals surface area contributed by atoms with Crippen molar-refractivity contribution in [1.29, 1.82) is 0 Å². The van der Waals surface area contributed by atoms with Gasteiger partial charge in [0.15, 0.2) is 0 Å². The van der Waals surface area contributed by atoms with Gasteiger partial charge < -0.3 is 10.7 Å². The van der Waals surface area contributed by atoms with E-state index in [1.54, 1.807) is 17.1 Å². The molecule has 1 unspecified atom stereocenters. The summed E-state index contributed by atoms with van der Waals surface area (Å²) in [4.78, 5) is 19.1. The number of rotatable bonds is 6. The van der Waals surface area contributed by atoms with Crippen molar-refractivity contribution in [2.45, 2.75) is 18.9 Å². The standard InChI is InChI=1S/C17H20N6O2S/c1-2-26(25)22-10-17(11-22,6-15(18)24)23-9-12(7-21-23)14-8-20-16-13(14)4-3-5-19-16/h3-5,7-9H,2,6,10-11H2,1H3,(H2,18,24)(H,19,20). The monoisotopic (exact) mass is 372 g/mol. The van der Waals surface area contributed by atoms with Crippen molar-refractivity contribution in [3.8, 4) is 11.1 Å². The van der Waals surface area contributed by atoms with Crippen LogP contribution in [-0.2, 0) is 21.3 Å². The number of H-pyrrole nitrogens is 1. The van der Waals surface area contributed by atoms with Gasteiger partial charge in [-0.1, -0.05) is 6.92 Å². The minimum Gasteiger partial charge on any atom is -0.370 e. The topological polar surface area (TPSA) is 110 Å². The van der Waals surface area contributed by atoms with Crippen molar-refractivity contribution in [3.05, 3.63) is 36.9 Å². The van der Waals surface area contributed by atoms with Crippen LogP contribution in [0.15, 0.2) is 36.9 Å². The maximum atomic E-state index is 12.0. The van der Waals surface area contributed by atoms with E-state index < -0.39 is 16.5 Å². The van der Waals surface area contributed by atoms with Crippen molar-refractivity contribution in [2.24, 2.45) is 5.73 Å². The van der Waals surface area contributed by atoms with Crippen LogP contribution in [-0.4, -0.2) is 53.0 Å². The maximum Gasteiger partial charge on any atom is 0.219 e. The molecular formula is C17H20N6O2S. The van der Waals surface area contributed by atoms with Crippen LogP contribution >= 0.6 is 0 Å². The molecule has 1 atom stereocenters. The first-order chi connectivity index (χ1) is 12.5. The first-order valence-corrected chi connectivity index (χ1v) is 9.69. The van der Waals surface area contributed by atoms with E-state index in [-0.39, 0.29) is 12.3 Å². The molecule has 0 aromatic carbocycles. The van der Waals surface area contributed by atoms with E-state index in [4.69, 9.17) is 5.73 Å². The Morgan fingerprint density at radius 1 is 1.46 bits per heavy atom. The predicted molar refractivity (Wildman–Crippen MR) is 99.4 cm³/mol. The number of nitrogens with two attached hydrogens (primary N) is 1. The SMILES string of the molecule is CCS(=O)N1CC(CC(N)=O)(n2cc(-c3c[nH]c4ncccc34)cn2)C1. The van der Waals surface area contributed by atoms with Gasteiger partial charge in [0, 0.05) is 53.9 Å². The lowest BCUT2D eigenvalue weighted by molar-refractivity contribution is -0.122. The van der Waals surface area contributed by atoms with Crippen molar-refractivity contribution in [3.63, 3.8) is 0 Å². The summed E-state index contributed by atoms with van der Waals surface area (Å²) in [7, 11) is -1.03. The van der Waals surface area contributed by atoms with Gasteiger partial charge in [-0.2, -0.15) is 5.10 Å². The highest BCUT2D eigenvalue weighted by molar-refractivity contribution is 7.82. The molecule has 0 saturated carbocycles. The molecule has 0 aliphatic carbocycles. The molecule has 0 radical (unpaired) electrons. The second-order valence-electron chi connectivity index (χ2n) is 6.55. The quantitative estimate of drug-likeness (QED) is 0.672. The Kier molecular flexibility index (Phi) is 4.12. The van der Waals surface area contributed by atoms with Gasteiger partial charge in [-0.25, -0.2) is 13.5 Å². The largest absolute Gasteiger partial charge is 0.370 e. The summed E-state index contributed by atoms with van der Waals surface area (Å²) in [6.45, 7) is 2.86. The number of amides is 1. The lowest BCUT2D eigenvalue weighted by atomic mass is 9.88. The van der Waals surface area contributed by atoms with Crippen LogP contribution in [0.25, 0.3) is 22.2 Å². The molecule has 3 aromatic heterocycles. The molecule has 4 heterocycles. The number of aromatic nitrogens is 4. The number of primary amides is 1. The number of nitrogens with zero attached hydrogens (tertiary/aromatic N) is 4. The number of pyridine rings is 1. The van der Waals surface area contributed by atoms with Crippen molar-refractivity contribution in [1.82, 2.24) is 24.1 Å². The molecule has 1 fully saturated rings. The van der Waals surface area contributed by atoms with E-state index in [9.17, 15) is 9.00 Å². The zero-order valence-corrected chi connectivity index (χ0v) is 15.2. The van der Waals surface area contributed by atoms with Gasteiger partial charge >= 0.3 is 0 Å². The molecule has 9 heteroatoms. The molecule has 136 valence electrons. The molecule has 4 rings (SSSR count). The van der Waals surface area contributed by atoms with Crippen molar-refractivity contribution in [2.75, 3.05) is 18.8 Å². The Hall–Kier alpha value is -2.52. The summed E-state index contributed by atoms with van der Waals surface area (Å²) in [6.07, 6.45) is 7.51. The van der Waals surface area contributed by atoms with Gasteiger partial charge in [0.1, 0.15) is 5.65 Å². The number of aromatic amines is 1. The molecule has 1 aliphatic rings. The van der Waals surface area contributed by atoms with E-state index in [1.807, 2.05) is 35.8 Å². The molecule has 0 spiro atoms. The number of hydrogen-bond acceptors (Lipinski definition) is 4. The molecule has 3 N–H and O–H groups in total. The van der Waals surface area contributed by atoms with Crippen LogP contribution in [0.2, 0.25) is 0 Å². The highest BCUT2D eigenvalue weighted by Crippen LogP contribution is 2.35. The van der Waals surface area contributed by atoms with E-state index in [0.29, 0.717) is 18.8 Å². The zero-order chi connectivity index (χ0) is 18.3. The fourth-order valence-corrected chi connectivity index (χ4v) is 4.65. The van der Waals surface area contributed by atoms with Crippen LogP contribution in [0.3, 0.4) is 0 Å². The second kappa shape index (κ2) is 6.33. The van der Waals surface area contributed by atoms with Gasteiger partial charge in [0.25, 0.3) is 0 Å². The van der Waals surface area contributed by atoms with Crippen LogP contribution in [0.5, 0.6) is 0 Å². The third-order valence-electron chi connectivity index (χ3n) is 4.81. The number of fused-ring (bicyclic) bond motifs is 1. The third-order valence-corrected chi connectivity index (χ3v) is 6.14. The molecule has 26 heavy (non-hydrogen) atoms. The second-order valence-corrected chi connectivity index (χ2v) is 8.29. The Morgan fingerprint density at radius 2 is 2.27 bits per heavy atom. The lowest BCUT2D eigenvalue weighted by Gasteiger charge is -2.48. The first-order valence-electron chi connectivity index (χ1n) is 8.42. The van der Waals surface area contributed by atoms with Gasteiger partial charge in [0.2, 0.25) is 5.91 Å². The lowest BCUT2D eigenvalue weighted by Crippen LogP contribution is -2.64. The number of hydrogen-bond donors (Lipinski definition) is 2. The zero-order valence-electron chi connectivity index (χ0n) is 14.4. The minimum absolute atomic E-state index is 0.168. The number of carbonyl (C=O) groups excluding carboxylic acids is 1. The molecule has 8 nitrogen and oxygen atoms in total. The summed E-state index contributed by atoms with van der Waals surface area (Å²) >= 11 is 0. The fourth-order valence-electron chi connectivity index (χ4n) is 3.51. The molecular weight excluding hydrogens is 352 g/mol. The summed E-state index contributed by atoms with van der Waals surface area (Å²) in [5, 5.41) is 5.51. The van der Waals surface area contributed by atoms with Gasteiger partial charge in [0.05, 0.1) is 29.1 Å². The summed E-state index contributed by atoms with van der Waals surface area (Å²) in [5.74, 6) is 0.166. The summed E-state index contributed by atoms with van der Waals surface area (Å²) < 4.78 is 15.7. The maximum absolute atomic E-state index is 12.0. The van der Waals surface area contributed by atoms with E-state index in [0.717, 1.165) is 22.2 Å². The van der Waals surface area contributed by atoms with E-state index in [2.05, 4.69) is 15.1 Å². The number of carbonyl (C=O) groups is 1. The van der Waals surface area contributed by atoms with Gasteiger partial charge in [-0.3, -0.25) is 9.48 Å². The van der Waals surface area contributed by atoms with Crippen LogP contribution in [0, 0.1) is 0 Å². The minimum atomic E-state index is -1.03.